The highest BCUT2D eigenvalue weighted by Gasteiger charge is 2.21. The van der Waals surface area contributed by atoms with Gasteiger partial charge in [0.25, 0.3) is 5.91 Å². The van der Waals surface area contributed by atoms with Crippen molar-refractivity contribution in [2.45, 2.75) is 6.42 Å². The molecule has 0 aliphatic heterocycles. The summed E-state index contributed by atoms with van der Waals surface area (Å²) in [5, 5.41) is 27.0. The third kappa shape index (κ3) is 4.94. The first-order chi connectivity index (χ1) is 18.2. The number of anilines is 1. The van der Waals surface area contributed by atoms with Crippen LogP contribution in [0.4, 0.5) is 5.69 Å². The van der Waals surface area contributed by atoms with Crippen LogP contribution in [0.2, 0.25) is 0 Å². The molecule has 0 aliphatic rings. The standard InChI is InChI=1S/C29H21IN2O5S/c1-32-23-14-24(33)22(29(36)37)13-21(23)26(30)27(32)18-6-2-4-16(10-18)11-25(34)28(35)31-20-7-3-5-17(12-20)19-8-9-38-15-19/h2-10,12-15,33H,11H2,1H3,(H,31,35)(H,36,37). The molecule has 0 radical (unpaired) electrons. The van der Waals surface area contributed by atoms with Crippen molar-refractivity contribution >= 4 is 68.2 Å². The zero-order chi connectivity index (χ0) is 27.0. The van der Waals surface area contributed by atoms with Crippen molar-refractivity contribution in [2.75, 3.05) is 5.32 Å². The summed E-state index contributed by atoms with van der Waals surface area (Å²) >= 11 is 3.74. The number of nitrogens with one attached hydrogen (secondary N) is 1. The smallest absolute Gasteiger partial charge is 0.339 e. The number of rotatable bonds is 7. The summed E-state index contributed by atoms with van der Waals surface area (Å²) in [5.41, 5.74) is 5.35. The van der Waals surface area contributed by atoms with Gasteiger partial charge in [0.1, 0.15) is 11.3 Å². The number of ketones is 1. The summed E-state index contributed by atoms with van der Waals surface area (Å²) in [6, 6.07) is 19.6. The van der Waals surface area contributed by atoms with Gasteiger partial charge < -0.3 is 20.1 Å². The van der Waals surface area contributed by atoms with Gasteiger partial charge in [-0.15, -0.1) is 0 Å². The Balaban J connectivity index is 1.38. The van der Waals surface area contributed by atoms with E-state index in [2.05, 4.69) is 27.9 Å². The molecule has 0 saturated heterocycles. The Morgan fingerprint density at radius 3 is 2.47 bits per heavy atom. The van der Waals surface area contributed by atoms with E-state index in [1.807, 2.05) is 64.8 Å². The Kier molecular flexibility index (Phi) is 7.04. The number of benzene rings is 3. The zero-order valence-corrected chi connectivity index (χ0v) is 23.0. The number of hydrogen-bond donors (Lipinski definition) is 3. The van der Waals surface area contributed by atoms with E-state index in [-0.39, 0.29) is 17.7 Å². The van der Waals surface area contributed by atoms with Crippen LogP contribution in [0.3, 0.4) is 0 Å². The maximum absolute atomic E-state index is 12.8. The lowest BCUT2D eigenvalue weighted by Crippen LogP contribution is -2.24. The second-order valence-electron chi connectivity index (χ2n) is 8.76. The number of thiophene rings is 1. The number of hydrogen-bond acceptors (Lipinski definition) is 5. The molecule has 3 aromatic carbocycles. The van der Waals surface area contributed by atoms with Crippen LogP contribution in [0.5, 0.6) is 5.75 Å². The topological polar surface area (TPSA) is 109 Å². The molecule has 0 atom stereocenters. The van der Waals surface area contributed by atoms with Crippen molar-refractivity contribution in [3.63, 3.8) is 0 Å². The fourth-order valence-electron chi connectivity index (χ4n) is 4.42. The van der Waals surface area contributed by atoms with E-state index in [4.69, 9.17) is 0 Å². The first kappa shape index (κ1) is 25.7. The van der Waals surface area contributed by atoms with E-state index in [0.29, 0.717) is 22.2 Å². The quantitative estimate of drug-likeness (QED) is 0.143. The number of amides is 1. The number of Topliss-reactive ketones (excluding diaryl/α,β-unsaturated/α-hetero) is 1. The van der Waals surface area contributed by atoms with Crippen LogP contribution in [0.25, 0.3) is 33.3 Å². The number of aromatic hydroxyl groups is 1. The first-order valence-corrected chi connectivity index (χ1v) is 13.6. The molecule has 9 heteroatoms. The van der Waals surface area contributed by atoms with Gasteiger partial charge in [0.05, 0.1) is 11.2 Å². The van der Waals surface area contributed by atoms with Crippen molar-refractivity contribution in [3.8, 4) is 28.1 Å². The van der Waals surface area contributed by atoms with Crippen molar-refractivity contribution in [1.82, 2.24) is 4.57 Å². The number of aryl methyl sites for hydroxylation is 1. The number of fused-ring (bicyclic) bond motifs is 1. The number of phenols is 1. The normalized spacial score (nSPS) is 11.0. The molecule has 190 valence electrons. The van der Waals surface area contributed by atoms with Crippen LogP contribution in [-0.2, 0) is 23.1 Å². The van der Waals surface area contributed by atoms with Crippen LogP contribution < -0.4 is 5.32 Å². The molecule has 0 fully saturated rings. The highest BCUT2D eigenvalue weighted by atomic mass is 127. The van der Waals surface area contributed by atoms with Gasteiger partial charge >= 0.3 is 5.97 Å². The zero-order valence-electron chi connectivity index (χ0n) is 20.1. The highest BCUT2D eigenvalue weighted by Crippen LogP contribution is 2.37. The maximum Gasteiger partial charge on any atom is 0.339 e. The molecule has 2 aromatic heterocycles. The number of carbonyl (C=O) groups excluding carboxylic acids is 2. The molecule has 0 unspecified atom stereocenters. The van der Waals surface area contributed by atoms with Gasteiger partial charge in [-0.2, -0.15) is 11.3 Å². The third-order valence-electron chi connectivity index (χ3n) is 6.28. The van der Waals surface area contributed by atoms with Crippen molar-refractivity contribution in [1.29, 1.82) is 0 Å². The van der Waals surface area contributed by atoms with Crippen LogP contribution in [0.1, 0.15) is 15.9 Å². The minimum absolute atomic E-state index is 0.0750. The minimum atomic E-state index is -1.21. The number of halogens is 1. The molecular weight excluding hydrogens is 615 g/mol. The van der Waals surface area contributed by atoms with Crippen molar-refractivity contribution in [3.05, 3.63) is 92.2 Å². The van der Waals surface area contributed by atoms with Gasteiger partial charge in [0.15, 0.2) is 0 Å². The van der Waals surface area contributed by atoms with Gasteiger partial charge in [-0.05, 0) is 85.9 Å². The summed E-state index contributed by atoms with van der Waals surface area (Å²) in [6.45, 7) is 0. The Hall–Kier alpha value is -3.96. The van der Waals surface area contributed by atoms with E-state index < -0.39 is 17.7 Å². The third-order valence-corrected chi connectivity index (χ3v) is 8.05. The number of carbonyl (C=O) groups is 3. The number of aromatic carboxylic acids is 1. The van der Waals surface area contributed by atoms with E-state index in [9.17, 15) is 24.6 Å². The molecule has 1 amide bonds. The van der Waals surface area contributed by atoms with Gasteiger partial charge in [0, 0.05) is 34.2 Å². The second-order valence-corrected chi connectivity index (χ2v) is 10.6. The lowest BCUT2D eigenvalue weighted by Gasteiger charge is -2.09. The molecular formula is C29H21IN2O5S. The molecule has 7 nitrogen and oxygen atoms in total. The largest absolute Gasteiger partial charge is 0.507 e. The first-order valence-electron chi connectivity index (χ1n) is 11.5. The van der Waals surface area contributed by atoms with Crippen LogP contribution in [0.15, 0.2) is 77.5 Å². The van der Waals surface area contributed by atoms with E-state index in [1.54, 1.807) is 23.5 Å². The molecule has 38 heavy (non-hydrogen) atoms. The molecule has 3 N–H and O–H groups in total. The predicted octanol–water partition coefficient (Wildman–Crippen LogP) is 6.33. The Morgan fingerprint density at radius 2 is 1.74 bits per heavy atom. The van der Waals surface area contributed by atoms with Gasteiger partial charge in [0.2, 0.25) is 5.78 Å². The fourth-order valence-corrected chi connectivity index (χ4v) is 6.19. The van der Waals surface area contributed by atoms with Crippen molar-refractivity contribution < 1.29 is 24.6 Å². The number of carboxylic acids is 1. The van der Waals surface area contributed by atoms with Gasteiger partial charge in [-0.3, -0.25) is 9.59 Å². The fraction of sp³-hybridized carbons (Fsp3) is 0.0690. The minimum Gasteiger partial charge on any atom is -0.507 e. The molecule has 0 bridgehead atoms. The lowest BCUT2D eigenvalue weighted by molar-refractivity contribution is -0.134. The second kappa shape index (κ2) is 10.4. The summed E-state index contributed by atoms with van der Waals surface area (Å²) in [4.78, 5) is 37.0. The molecule has 0 spiro atoms. The maximum atomic E-state index is 12.8. The summed E-state index contributed by atoms with van der Waals surface area (Å²) < 4.78 is 2.69. The van der Waals surface area contributed by atoms with Gasteiger partial charge in [-0.1, -0.05) is 30.3 Å². The molecule has 5 aromatic rings. The summed E-state index contributed by atoms with van der Waals surface area (Å²) in [6.07, 6.45) is -0.0750. The number of aromatic nitrogens is 1. The Labute approximate surface area is 235 Å². The Morgan fingerprint density at radius 1 is 0.974 bits per heavy atom. The molecule has 5 rings (SSSR count). The number of nitrogens with zero attached hydrogens (tertiary/aromatic N) is 1. The number of carboxylic acid groups (broad SMARTS) is 1. The highest BCUT2D eigenvalue weighted by molar-refractivity contribution is 14.1. The monoisotopic (exact) mass is 636 g/mol. The van der Waals surface area contributed by atoms with Crippen LogP contribution in [0, 0.1) is 3.57 Å². The molecule has 2 heterocycles. The predicted molar refractivity (Wildman–Crippen MR) is 157 cm³/mol. The van der Waals surface area contributed by atoms with Crippen LogP contribution in [-0.4, -0.2) is 32.4 Å². The van der Waals surface area contributed by atoms with Crippen LogP contribution >= 0.6 is 33.9 Å². The molecule has 0 aliphatic carbocycles. The van der Waals surface area contributed by atoms with Gasteiger partial charge in [-0.25, -0.2) is 4.79 Å². The summed E-state index contributed by atoms with van der Waals surface area (Å²) in [5.74, 6) is -2.76. The average molecular weight is 636 g/mol. The SMILES string of the molecule is Cn1c(-c2cccc(CC(=O)C(=O)Nc3cccc(-c4ccsc4)c3)c2)c(I)c2cc(C(=O)O)c(O)cc21. The van der Waals surface area contributed by atoms with E-state index in [1.165, 1.54) is 12.1 Å². The van der Waals surface area contributed by atoms with E-state index in [0.717, 1.165) is 26.0 Å². The van der Waals surface area contributed by atoms with E-state index >= 15 is 0 Å². The lowest BCUT2D eigenvalue weighted by atomic mass is 10.0. The average Bonchev–Trinajstić information content (AvgIpc) is 3.51. The van der Waals surface area contributed by atoms with Crippen molar-refractivity contribution in [2.24, 2.45) is 7.05 Å². The summed E-state index contributed by atoms with van der Waals surface area (Å²) in [7, 11) is 1.83. The molecule has 0 saturated carbocycles. The Bertz CT molecular complexity index is 1720.